The van der Waals surface area contributed by atoms with Crippen molar-refractivity contribution in [2.75, 3.05) is 0 Å². The van der Waals surface area contributed by atoms with Crippen molar-refractivity contribution >= 4 is 38.8 Å². The van der Waals surface area contributed by atoms with Gasteiger partial charge in [0.15, 0.2) is 17.5 Å². The SMILES string of the molecule is CC1(c2cccc(-n3c4ccccc4c4ccccc43)c2)C=Cc2c(c3ccccc3n2-c2cccc(-c3nc(-c4ccccc4)nc(-c4ccccc4)n3)c2)C1. The summed E-state index contributed by atoms with van der Waals surface area (Å²) in [5.41, 5.74) is 12.3. The van der Waals surface area contributed by atoms with Crippen molar-refractivity contribution in [2.45, 2.75) is 18.8 Å². The molecule has 57 heavy (non-hydrogen) atoms. The van der Waals surface area contributed by atoms with Gasteiger partial charge in [0.25, 0.3) is 0 Å². The highest BCUT2D eigenvalue weighted by molar-refractivity contribution is 6.09. The van der Waals surface area contributed by atoms with Crippen LogP contribution in [0, 0.1) is 0 Å². The van der Waals surface area contributed by atoms with Crippen molar-refractivity contribution in [3.8, 4) is 45.5 Å². The van der Waals surface area contributed by atoms with Crippen molar-refractivity contribution in [1.82, 2.24) is 24.1 Å². The van der Waals surface area contributed by atoms with Crippen LogP contribution < -0.4 is 0 Å². The lowest BCUT2D eigenvalue weighted by atomic mass is 9.74. The molecule has 5 heteroatoms. The van der Waals surface area contributed by atoms with E-state index in [-0.39, 0.29) is 5.41 Å². The Bertz CT molecular complexity index is 3060. The van der Waals surface area contributed by atoms with Gasteiger partial charge in [0, 0.05) is 55.3 Å². The first-order valence-corrected chi connectivity index (χ1v) is 19.5. The lowest BCUT2D eigenvalue weighted by molar-refractivity contribution is 0.588. The third-order valence-corrected chi connectivity index (χ3v) is 11.6. The maximum absolute atomic E-state index is 5.04. The fourth-order valence-electron chi connectivity index (χ4n) is 8.78. The third kappa shape index (κ3) is 5.50. The van der Waals surface area contributed by atoms with Gasteiger partial charge in [0.05, 0.1) is 16.6 Å². The van der Waals surface area contributed by atoms with Crippen molar-refractivity contribution in [3.63, 3.8) is 0 Å². The molecule has 270 valence electrons. The standard InChI is InChI=1S/C52H37N5/c1-52(38-21-15-23-40(33-38)57-45-27-11-8-24-41(45)42-25-9-12-28-46(42)57)31-30-48-44(34-52)43-26-10-13-29-47(43)56(48)39-22-14-20-37(32-39)51-54-49(35-16-4-2-5-17-35)53-50(55-51)36-18-6-3-7-19-36/h2-33H,34H2,1H3. The molecule has 3 aromatic heterocycles. The molecular formula is C52H37N5. The number of hydrogen-bond donors (Lipinski definition) is 0. The third-order valence-electron chi connectivity index (χ3n) is 11.6. The zero-order valence-corrected chi connectivity index (χ0v) is 31.4. The van der Waals surface area contributed by atoms with Crippen molar-refractivity contribution < 1.29 is 0 Å². The molecule has 0 amide bonds. The minimum atomic E-state index is -0.217. The highest BCUT2D eigenvalue weighted by atomic mass is 15.0. The summed E-state index contributed by atoms with van der Waals surface area (Å²) in [5, 5.41) is 3.81. The molecule has 0 saturated heterocycles. The molecule has 1 aliphatic rings. The van der Waals surface area contributed by atoms with Crippen molar-refractivity contribution in [3.05, 3.63) is 205 Å². The second-order valence-corrected chi connectivity index (χ2v) is 15.2. The van der Waals surface area contributed by atoms with Crippen LogP contribution in [0.4, 0.5) is 0 Å². The Hall–Kier alpha value is -7.37. The van der Waals surface area contributed by atoms with Gasteiger partial charge in [-0.05, 0) is 66.1 Å². The number of aromatic nitrogens is 5. The van der Waals surface area contributed by atoms with Gasteiger partial charge in [0.2, 0.25) is 0 Å². The summed E-state index contributed by atoms with van der Waals surface area (Å²) < 4.78 is 4.81. The summed E-state index contributed by atoms with van der Waals surface area (Å²) in [4.78, 5) is 15.0. The molecule has 1 unspecified atom stereocenters. The van der Waals surface area contributed by atoms with Gasteiger partial charge in [0.1, 0.15) is 0 Å². The predicted molar refractivity (Wildman–Crippen MR) is 234 cm³/mol. The zero-order chi connectivity index (χ0) is 37.9. The lowest BCUT2D eigenvalue weighted by Crippen LogP contribution is -2.25. The van der Waals surface area contributed by atoms with Crippen LogP contribution in [0.5, 0.6) is 0 Å². The first-order valence-electron chi connectivity index (χ1n) is 19.5. The molecule has 0 N–H and O–H groups in total. The van der Waals surface area contributed by atoms with Gasteiger partial charge >= 0.3 is 0 Å². The number of benzene rings is 7. The molecule has 0 radical (unpaired) electrons. The van der Waals surface area contributed by atoms with Crippen molar-refractivity contribution in [2.24, 2.45) is 0 Å². The van der Waals surface area contributed by atoms with Gasteiger partial charge in [-0.15, -0.1) is 0 Å². The average Bonchev–Trinajstić information content (AvgIpc) is 3.79. The number of rotatable bonds is 6. The number of para-hydroxylation sites is 3. The van der Waals surface area contributed by atoms with E-state index in [1.165, 1.54) is 55.2 Å². The molecule has 0 bridgehead atoms. The van der Waals surface area contributed by atoms with E-state index < -0.39 is 0 Å². The van der Waals surface area contributed by atoms with E-state index in [2.05, 4.69) is 150 Å². The van der Waals surface area contributed by atoms with Crippen LogP contribution in [0.25, 0.3) is 84.3 Å². The minimum absolute atomic E-state index is 0.217. The Labute approximate surface area is 330 Å². The van der Waals surface area contributed by atoms with E-state index in [0.717, 1.165) is 28.8 Å². The first-order chi connectivity index (χ1) is 28.1. The molecule has 10 aromatic rings. The number of hydrogen-bond acceptors (Lipinski definition) is 3. The number of allylic oxidation sites excluding steroid dienone is 1. The normalized spacial score (nSPS) is 15.0. The number of nitrogens with zero attached hydrogens (tertiary/aromatic N) is 5. The Morgan fingerprint density at radius 3 is 1.53 bits per heavy atom. The largest absolute Gasteiger partial charge is 0.310 e. The summed E-state index contributed by atoms with van der Waals surface area (Å²) in [6.07, 6.45) is 5.61. The molecule has 1 atom stereocenters. The highest BCUT2D eigenvalue weighted by Gasteiger charge is 2.32. The van der Waals surface area contributed by atoms with E-state index in [0.29, 0.717) is 17.5 Å². The monoisotopic (exact) mass is 731 g/mol. The van der Waals surface area contributed by atoms with Crippen LogP contribution in [0.2, 0.25) is 0 Å². The quantitative estimate of drug-likeness (QED) is 0.171. The topological polar surface area (TPSA) is 48.5 Å². The molecule has 7 aromatic carbocycles. The predicted octanol–water partition coefficient (Wildman–Crippen LogP) is 12.4. The Morgan fingerprint density at radius 2 is 0.912 bits per heavy atom. The molecule has 0 fully saturated rings. The van der Waals surface area contributed by atoms with Crippen molar-refractivity contribution in [1.29, 1.82) is 0 Å². The van der Waals surface area contributed by atoms with E-state index in [1.54, 1.807) is 0 Å². The molecular weight excluding hydrogens is 695 g/mol. The van der Waals surface area contributed by atoms with Crippen LogP contribution >= 0.6 is 0 Å². The molecule has 0 saturated carbocycles. The fourth-order valence-corrected chi connectivity index (χ4v) is 8.78. The van der Waals surface area contributed by atoms with Crippen LogP contribution in [0.1, 0.15) is 23.7 Å². The van der Waals surface area contributed by atoms with E-state index in [9.17, 15) is 0 Å². The Balaban J connectivity index is 1.01. The van der Waals surface area contributed by atoms with Gasteiger partial charge in [-0.3, -0.25) is 0 Å². The summed E-state index contributed by atoms with van der Waals surface area (Å²) in [5.74, 6) is 1.94. The van der Waals surface area contributed by atoms with Crippen LogP contribution in [-0.2, 0) is 11.8 Å². The molecule has 5 nitrogen and oxygen atoms in total. The summed E-state index contributed by atoms with van der Waals surface area (Å²) in [7, 11) is 0. The van der Waals surface area contributed by atoms with Crippen LogP contribution in [-0.4, -0.2) is 24.1 Å². The smallest absolute Gasteiger partial charge is 0.164 e. The molecule has 3 heterocycles. The zero-order valence-electron chi connectivity index (χ0n) is 31.4. The second-order valence-electron chi connectivity index (χ2n) is 15.2. The summed E-state index contributed by atoms with van der Waals surface area (Å²) >= 11 is 0. The Morgan fingerprint density at radius 1 is 0.439 bits per heavy atom. The molecule has 0 spiro atoms. The van der Waals surface area contributed by atoms with Gasteiger partial charge < -0.3 is 9.13 Å². The Kier molecular flexibility index (Phi) is 7.61. The van der Waals surface area contributed by atoms with Crippen LogP contribution in [0.15, 0.2) is 188 Å². The molecule has 0 aliphatic heterocycles. The van der Waals surface area contributed by atoms with E-state index in [4.69, 9.17) is 15.0 Å². The molecule has 11 rings (SSSR count). The van der Waals surface area contributed by atoms with E-state index in [1.807, 2.05) is 60.7 Å². The van der Waals surface area contributed by atoms with E-state index >= 15 is 0 Å². The average molecular weight is 732 g/mol. The second kappa shape index (κ2) is 13.1. The van der Waals surface area contributed by atoms with Gasteiger partial charge in [-0.1, -0.05) is 153 Å². The first kappa shape index (κ1) is 33.0. The highest BCUT2D eigenvalue weighted by Crippen LogP contribution is 2.43. The summed E-state index contributed by atoms with van der Waals surface area (Å²) in [6, 6.07) is 64.2. The fraction of sp³-hybridized carbons (Fsp3) is 0.0577. The summed E-state index contributed by atoms with van der Waals surface area (Å²) in [6.45, 7) is 2.37. The lowest BCUT2D eigenvalue weighted by Gasteiger charge is -2.31. The minimum Gasteiger partial charge on any atom is -0.310 e. The van der Waals surface area contributed by atoms with Crippen LogP contribution in [0.3, 0.4) is 0 Å². The maximum atomic E-state index is 5.04. The molecule has 1 aliphatic carbocycles. The number of fused-ring (bicyclic) bond motifs is 6. The van der Waals surface area contributed by atoms with Gasteiger partial charge in [-0.2, -0.15) is 0 Å². The van der Waals surface area contributed by atoms with Gasteiger partial charge in [-0.25, -0.2) is 15.0 Å². The maximum Gasteiger partial charge on any atom is 0.164 e.